The van der Waals surface area contributed by atoms with Gasteiger partial charge in [-0.25, -0.2) is 0 Å². The molecule has 1 aliphatic heterocycles. The Balaban J connectivity index is 1.86. The average molecular weight is 227 g/mol. The molecule has 1 aliphatic rings. The van der Waals surface area contributed by atoms with E-state index in [2.05, 4.69) is 5.10 Å². The van der Waals surface area contributed by atoms with Crippen LogP contribution in [0.3, 0.4) is 0 Å². The van der Waals surface area contributed by atoms with Crippen LogP contribution in [0.1, 0.15) is 12.8 Å². The Labute approximate surface area is 94.2 Å². The molecular formula is C10H17N3OS. The second-order valence-corrected chi connectivity index (χ2v) is 4.83. The van der Waals surface area contributed by atoms with Crippen molar-refractivity contribution in [2.24, 2.45) is 5.73 Å². The standard InChI is InChI=1S/C10H17N3OS/c11-3-4-13-7-10(6-12-13)14-9-2-1-5-15-8-9/h6-7,9H,1-5,8,11H2. The first-order valence-electron chi connectivity index (χ1n) is 5.35. The van der Waals surface area contributed by atoms with Crippen molar-refractivity contribution in [2.45, 2.75) is 25.5 Å². The molecule has 2 heterocycles. The van der Waals surface area contributed by atoms with Crippen LogP contribution in [0.4, 0.5) is 0 Å². The fourth-order valence-electron chi connectivity index (χ4n) is 1.66. The third-order valence-electron chi connectivity index (χ3n) is 2.39. The minimum atomic E-state index is 0.360. The maximum atomic E-state index is 5.84. The molecule has 1 unspecified atom stereocenters. The lowest BCUT2D eigenvalue weighted by atomic mass is 10.2. The number of nitrogens with zero attached hydrogens (tertiary/aromatic N) is 2. The summed E-state index contributed by atoms with van der Waals surface area (Å²) in [5.41, 5.74) is 5.45. The molecule has 1 aromatic rings. The van der Waals surface area contributed by atoms with Gasteiger partial charge in [0.15, 0.2) is 5.75 Å². The number of aromatic nitrogens is 2. The summed E-state index contributed by atoms with van der Waals surface area (Å²) in [6, 6.07) is 0. The van der Waals surface area contributed by atoms with Crippen LogP contribution in [0.5, 0.6) is 5.75 Å². The molecule has 0 amide bonds. The summed E-state index contributed by atoms with van der Waals surface area (Å²) in [6.45, 7) is 1.36. The molecule has 0 radical (unpaired) electrons. The summed E-state index contributed by atoms with van der Waals surface area (Å²) < 4.78 is 7.66. The fraction of sp³-hybridized carbons (Fsp3) is 0.700. The van der Waals surface area contributed by atoms with Gasteiger partial charge in [0, 0.05) is 12.3 Å². The second-order valence-electron chi connectivity index (χ2n) is 3.68. The molecule has 84 valence electrons. The Kier molecular flexibility index (Phi) is 3.91. The van der Waals surface area contributed by atoms with Crippen LogP contribution in [0.25, 0.3) is 0 Å². The van der Waals surface area contributed by atoms with Gasteiger partial charge in [-0.2, -0.15) is 16.9 Å². The second kappa shape index (κ2) is 5.42. The first-order chi connectivity index (χ1) is 7.38. The van der Waals surface area contributed by atoms with E-state index < -0.39 is 0 Å². The average Bonchev–Trinajstić information content (AvgIpc) is 2.68. The third kappa shape index (κ3) is 3.14. The maximum Gasteiger partial charge on any atom is 0.157 e. The van der Waals surface area contributed by atoms with Crippen molar-refractivity contribution in [3.8, 4) is 5.75 Å². The van der Waals surface area contributed by atoms with Crippen molar-refractivity contribution < 1.29 is 4.74 Å². The Morgan fingerprint density at radius 3 is 3.33 bits per heavy atom. The minimum absolute atomic E-state index is 0.360. The van der Waals surface area contributed by atoms with Crippen molar-refractivity contribution in [3.05, 3.63) is 12.4 Å². The summed E-state index contributed by atoms with van der Waals surface area (Å²) >= 11 is 1.97. The van der Waals surface area contributed by atoms with Crippen molar-refractivity contribution in [1.82, 2.24) is 9.78 Å². The molecule has 0 aliphatic carbocycles. The van der Waals surface area contributed by atoms with Crippen molar-refractivity contribution in [2.75, 3.05) is 18.1 Å². The Morgan fingerprint density at radius 1 is 1.67 bits per heavy atom. The number of hydrogen-bond acceptors (Lipinski definition) is 4. The minimum Gasteiger partial charge on any atom is -0.486 e. The van der Waals surface area contributed by atoms with E-state index in [4.69, 9.17) is 10.5 Å². The van der Waals surface area contributed by atoms with Crippen LogP contribution in [0.15, 0.2) is 12.4 Å². The molecule has 1 aromatic heterocycles. The van der Waals surface area contributed by atoms with Crippen molar-refractivity contribution in [3.63, 3.8) is 0 Å². The highest BCUT2D eigenvalue weighted by atomic mass is 32.2. The molecule has 1 saturated heterocycles. The van der Waals surface area contributed by atoms with Gasteiger partial charge in [0.25, 0.3) is 0 Å². The van der Waals surface area contributed by atoms with Crippen LogP contribution >= 0.6 is 11.8 Å². The first kappa shape index (κ1) is 10.8. The van der Waals surface area contributed by atoms with E-state index in [-0.39, 0.29) is 0 Å². The van der Waals surface area contributed by atoms with Gasteiger partial charge in [-0.1, -0.05) is 0 Å². The van der Waals surface area contributed by atoms with Gasteiger partial charge in [-0.15, -0.1) is 0 Å². The van der Waals surface area contributed by atoms with Crippen LogP contribution in [-0.2, 0) is 6.54 Å². The van der Waals surface area contributed by atoms with Crippen molar-refractivity contribution in [1.29, 1.82) is 0 Å². The Morgan fingerprint density at radius 2 is 2.60 bits per heavy atom. The molecule has 0 spiro atoms. The highest BCUT2D eigenvalue weighted by molar-refractivity contribution is 7.99. The molecule has 2 N–H and O–H groups in total. The van der Waals surface area contributed by atoms with Crippen LogP contribution in [0.2, 0.25) is 0 Å². The predicted octanol–water partition coefficient (Wildman–Crippen LogP) is 1.12. The molecule has 15 heavy (non-hydrogen) atoms. The van der Waals surface area contributed by atoms with Gasteiger partial charge in [-0.05, 0) is 18.6 Å². The zero-order valence-electron chi connectivity index (χ0n) is 8.76. The largest absolute Gasteiger partial charge is 0.486 e. The number of rotatable bonds is 4. The highest BCUT2D eigenvalue weighted by Crippen LogP contribution is 2.21. The van der Waals surface area contributed by atoms with E-state index in [9.17, 15) is 0 Å². The fourth-order valence-corrected chi connectivity index (χ4v) is 2.69. The summed E-state index contributed by atoms with van der Waals surface area (Å²) in [6.07, 6.45) is 6.47. The lowest BCUT2D eigenvalue weighted by molar-refractivity contribution is 0.211. The molecule has 0 aromatic carbocycles. The normalized spacial score (nSPS) is 21.5. The van der Waals surface area contributed by atoms with Gasteiger partial charge < -0.3 is 10.5 Å². The molecule has 1 atom stereocenters. The molecule has 4 nitrogen and oxygen atoms in total. The molecule has 1 fully saturated rings. The molecule has 0 saturated carbocycles. The van der Waals surface area contributed by atoms with E-state index >= 15 is 0 Å². The van der Waals surface area contributed by atoms with Crippen molar-refractivity contribution >= 4 is 11.8 Å². The summed E-state index contributed by atoms with van der Waals surface area (Å²) in [4.78, 5) is 0. The van der Waals surface area contributed by atoms with E-state index in [0.717, 1.165) is 24.5 Å². The van der Waals surface area contributed by atoms with Gasteiger partial charge in [0.2, 0.25) is 0 Å². The Hall–Kier alpha value is -0.680. The maximum absolute atomic E-state index is 5.84. The van der Waals surface area contributed by atoms with Gasteiger partial charge in [-0.3, -0.25) is 4.68 Å². The summed E-state index contributed by atoms with van der Waals surface area (Å²) in [5.74, 6) is 3.24. The van der Waals surface area contributed by atoms with E-state index in [0.29, 0.717) is 12.6 Å². The Bertz CT molecular complexity index is 297. The van der Waals surface area contributed by atoms with E-state index in [1.807, 2.05) is 22.6 Å². The summed E-state index contributed by atoms with van der Waals surface area (Å²) in [7, 11) is 0. The molecule has 2 rings (SSSR count). The highest BCUT2D eigenvalue weighted by Gasteiger charge is 2.15. The van der Waals surface area contributed by atoms with E-state index in [1.165, 1.54) is 12.2 Å². The van der Waals surface area contributed by atoms with Gasteiger partial charge in [0.05, 0.1) is 18.9 Å². The number of ether oxygens (including phenoxy) is 1. The van der Waals surface area contributed by atoms with Crippen LogP contribution in [0, 0.1) is 0 Å². The monoisotopic (exact) mass is 227 g/mol. The zero-order chi connectivity index (χ0) is 10.5. The van der Waals surface area contributed by atoms with E-state index in [1.54, 1.807) is 6.20 Å². The first-order valence-corrected chi connectivity index (χ1v) is 6.51. The van der Waals surface area contributed by atoms with Crippen LogP contribution in [-0.4, -0.2) is 33.9 Å². The lowest BCUT2D eigenvalue weighted by Gasteiger charge is -2.21. The number of thioether (sulfide) groups is 1. The SMILES string of the molecule is NCCn1cc(OC2CCCSC2)cn1. The number of hydrogen-bond donors (Lipinski definition) is 1. The third-order valence-corrected chi connectivity index (χ3v) is 3.57. The molecule has 5 heteroatoms. The molecular weight excluding hydrogens is 210 g/mol. The predicted molar refractivity (Wildman–Crippen MR) is 62.3 cm³/mol. The quantitative estimate of drug-likeness (QED) is 0.837. The summed E-state index contributed by atoms with van der Waals surface area (Å²) in [5, 5.41) is 4.18. The van der Waals surface area contributed by atoms with Crippen LogP contribution < -0.4 is 10.5 Å². The molecule has 0 bridgehead atoms. The van der Waals surface area contributed by atoms with Gasteiger partial charge in [0.1, 0.15) is 6.10 Å². The topological polar surface area (TPSA) is 53.1 Å². The zero-order valence-corrected chi connectivity index (χ0v) is 9.58. The smallest absolute Gasteiger partial charge is 0.157 e. The number of nitrogens with two attached hydrogens (primary N) is 1. The van der Waals surface area contributed by atoms with Gasteiger partial charge >= 0.3 is 0 Å². The lowest BCUT2D eigenvalue weighted by Crippen LogP contribution is -2.23.